The molecule has 18 heavy (non-hydrogen) atoms. The van der Waals surface area contributed by atoms with E-state index in [1.807, 2.05) is 0 Å². The van der Waals surface area contributed by atoms with E-state index in [2.05, 4.69) is 57.8 Å². The van der Waals surface area contributed by atoms with E-state index in [-0.39, 0.29) is 11.5 Å². The Labute approximate surface area is 111 Å². The molecule has 1 aliphatic rings. The van der Waals surface area contributed by atoms with Crippen LogP contribution < -0.4 is 10.6 Å². The summed E-state index contributed by atoms with van der Waals surface area (Å²) in [7, 11) is 2.18. The Kier molecular flexibility index (Phi) is 3.41. The molecule has 2 nitrogen and oxygen atoms in total. The van der Waals surface area contributed by atoms with Crippen molar-refractivity contribution in [1.29, 1.82) is 0 Å². The van der Waals surface area contributed by atoms with Gasteiger partial charge >= 0.3 is 0 Å². The molecule has 0 amide bonds. The van der Waals surface area contributed by atoms with Crippen LogP contribution in [-0.4, -0.2) is 19.6 Å². The first kappa shape index (κ1) is 13.4. The summed E-state index contributed by atoms with van der Waals surface area (Å²) in [5.74, 6) is 0.590. The van der Waals surface area contributed by atoms with Gasteiger partial charge in [-0.3, -0.25) is 0 Å². The van der Waals surface area contributed by atoms with Crippen LogP contribution in [-0.2, 0) is 5.41 Å². The Morgan fingerprint density at radius 2 is 2.06 bits per heavy atom. The van der Waals surface area contributed by atoms with Gasteiger partial charge in [0.05, 0.1) is 0 Å². The SMILES string of the molecule is CC(N)CC1CN(C)c2ccc(C(C)(C)C)cc21. The predicted octanol–water partition coefficient (Wildman–Crippen LogP) is 3.25. The first-order valence-electron chi connectivity index (χ1n) is 6.90. The van der Waals surface area contributed by atoms with Crippen LogP contribution >= 0.6 is 0 Å². The van der Waals surface area contributed by atoms with E-state index in [1.54, 1.807) is 0 Å². The van der Waals surface area contributed by atoms with Gasteiger partial charge < -0.3 is 10.6 Å². The van der Waals surface area contributed by atoms with E-state index < -0.39 is 0 Å². The molecule has 2 atom stereocenters. The molecule has 2 rings (SSSR count). The molecule has 0 spiro atoms. The van der Waals surface area contributed by atoms with Crippen LogP contribution in [0.4, 0.5) is 5.69 Å². The molecular formula is C16H26N2. The van der Waals surface area contributed by atoms with Gasteiger partial charge in [-0.15, -0.1) is 0 Å². The zero-order valence-electron chi connectivity index (χ0n) is 12.3. The second-order valence-corrected chi connectivity index (χ2v) is 6.81. The molecule has 1 heterocycles. The van der Waals surface area contributed by atoms with Crippen LogP contribution in [0.2, 0.25) is 0 Å². The number of nitrogens with two attached hydrogens (primary N) is 1. The van der Waals surface area contributed by atoms with Crippen LogP contribution in [0.25, 0.3) is 0 Å². The van der Waals surface area contributed by atoms with Gasteiger partial charge in [0.1, 0.15) is 0 Å². The fraction of sp³-hybridized carbons (Fsp3) is 0.625. The minimum atomic E-state index is 0.217. The maximum atomic E-state index is 5.98. The van der Waals surface area contributed by atoms with Gasteiger partial charge in [-0.25, -0.2) is 0 Å². The lowest BCUT2D eigenvalue weighted by atomic mass is 9.84. The van der Waals surface area contributed by atoms with E-state index in [1.165, 1.54) is 16.8 Å². The second kappa shape index (κ2) is 4.58. The molecule has 1 aliphatic heterocycles. The Hall–Kier alpha value is -1.02. The van der Waals surface area contributed by atoms with Gasteiger partial charge in [-0.05, 0) is 36.0 Å². The number of rotatable bonds is 2. The summed E-state index contributed by atoms with van der Waals surface area (Å²) >= 11 is 0. The van der Waals surface area contributed by atoms with Gasteiger partial charge in [0.25, 0.3) is 0 Å². The van der Waals surface area contributed by atoms with Crippen molar-refractivity contribution in [3.05, 3.63) is 29.3 Å². The molecule has 100 valence electrons. The number of benzene rings is 1. The maximum absolute atomic E-state index is 5.98. The monoisotopic (exact) mass is 246 g/mol. The first-order chi connectivity index (χ1) is 8.29. The van der Waals surface area contributed by atoms with Crippen LogP contribution in [0, 0.1) is 0 Å². The van der Waals surface area contributed by atoms with Crippen molar-refractivity contribution in [3.8, 4) is 0 Å². The van der Waals surface area contributed by atoms with Crippen LogP contribution in [0.3, 0.4) is 0 Å². The highest BCUT2D eigenvalue weighted by Crippen LogP contribution is 2.40. The fourth-order valence-corrected chi connectivity index (χ4v) is 2.87. The minimum absolute atomic E-state index is 0.217. The quantitative estimate of drug-likeness (QED) is 0.868. The molecule has 0 saturated carbocycles. The molecule has 0 bridgehead atoms. The molecule has 0 radical (unpaired) electrons. The van der Waals surface area contributed by atoms with Crippen LogP contribution in [0.5, 0.6) is 0 Å². The summed E-state index contributed by atoms with van der Waals surface area (Å²) in [6, 6.07) is 7.21. The zero-order chi connectivity index (χ0) is 13.5. The lowest BCUT2D eigenvalue weighted by Gasteiger charge is -2.21. The predicted molar refractivity (Wildman–Crippen MR) is 79.4 cm³/mol. The Balaban J connectivity index is 2.37. The Morgan fingerprint density at radius 1 is 1.39 bits per heavy atom. The van der Waals surface area contributed by atoms with Gasteiger partial charge in [0, 0.05) is 31.2 Å². The number of likely N-dealkylation sites (N-methyl/N-ethyl adjacent to an activating group) is 1. The number of anilines is 1. The maximum Gasteiger partial charge on any atom is 0.0400 e. The molecule has 0 saturated heterocycles. The van der Waals surface area contributed by atoms with Crippen molar-refractivity contribution in [2.24, 2.45) is 5.73 Å². The van der Waals surface area contributed by atoms with E-state index in [0.29, 0.717) is 5.92 Å². The van der Waals surface area contributed by atoms with Crippen molar-refractivity contribution in [2.75, 3.05) is 18.5 Å². The van der Waals surface area contributed by atoms with Crippen molar-refractivity contribution >= 4 is 5.69 Å². The van der Waals surface area contributed by atoms with Gasteiger partial charge in [0.15, 0.2) is 0 Å². The number of fused-ring (bicyclic) bond motifs is 1. The number of nitrogens with zero attached hydrogens (tertiary/aromatic N) is 1. The molecule has 0 aromatic heterocycles. The largest absolute Gasteiger partial charge is 0.374 e. The van der Waals surface area contributed by atoms with Crippen LogP contribution in [0.15, 0.2) is 18.2 Å². The van der Waals surface area contributed by atoms with E-state index in [4.69, 9.17) is 5.73 Å². The molecule has 2 heteroatoms. The summed E-state index contributed by atoms with van der Waals surface area (Å²) in [6.45, 7) is 10.0. The standard InChI is InChI=1S/C16H26N2/c1-11(17)8-12-10-18(5)15-7-6-13(9-14(12)15)16(2,3)4/h6-7,9,11-12H,8,10,17H2,1-5H3. The third-order valence-corrected chi connectivity index (χ3v) is 3.90. The summed E-state index contributed by atoms with van der Waals surface area (Å²) in [6.07, 6.45) is 1.07. The normalized spacial score (nSPS) is 21.0. The minimum Gasteiger partial charge on any atom is -0.374 e. The van der Waals surface area contributed by atoms with Crippen molar-refractivity contribution < 1.29 is 0 Å². The molecular weight excluding hydrogens is 220 g/mol. The Morgan fingerprint density at radius 3 is 2.61 bits per heavy atom. The third-order valence-electron chi connectivity index (χ3n) is 3.90. The number of hydrogen-bond donors (Lipinski definition) is 1. The molecule has 0 aliphatic carbocycles. The van der Waals surface area contributed by atoms with E-state index in [9.17, 15) is 0 Å². The molecule has 2 N–H and O–H groups in total. The van der Waals surface area contributed by atoms with E-state index in [0.717, 1.165) is 13.0 Å². The van der Waals surface area contributed by atoms with Gasteiger partial charge in [0.2, 0.25) is 0 Å². The summed E-state index contributed by atoms with van der Waals surface area (Å²) in [5, 5.41) is 0. The van der Waals surface area contributed by atoms with E-state index >= 15 is 0 Å². The van der Waals surface area contributed by atoms with Crippen molar-refractivity contribution in [1.82, 2.24) is 0 Å². The molecule has 1 aromatic carbocycles. The zero-order valence-corrected chi connectivity index (χ0v) is 12.3. The summed E-state index contributed by atoms with van der Waals surface area (Å²) < 4.78 is 0. The third kappa shape index (κ3) is 2.54. The van der Waals surface area contributed by atoms with Crippen LogP contribution in [0.1, 0.15) is 51.2 Å². The van der Waals surface area contributed by atoms with Crippen molar-refractivity contribution in [2.45, 2.75) is 51.5 Å². The average molecular weight is 246 g/mol. The lowest BCUT2D eigenvalue weighted by Crippen LogP contribution is -2.22. The fourth-order valence-electron chi connectivity index (χ4n) is 2.87. The smallest absolute Gasteiger partial charge is 0.0400 e. The topological polar surface area (TPSA) is 29.3 Å². The Bertz CT molecular complexity index is 427. The molecule has 1 aromatic rings. The average Bonchev–Trinajstić information content (AvgIpc) is 2.53. The molecule has 0 fully saturated rings. The second-order valence-electron chi connectivity index (χ2n) is 6.81. The van der Waals surface area contributed by atoms with Crippen molar-refractivity contribution in [3.63, 3.8) is 0 Å². The first-order valence-corrected chi connectivity index (χ1v) is 6.90. The summed E-state index contributed by atoms with van der Waals surface area (Å²) in [4.78, 5) is 2.36. The highest BCUT2D eigenvalue weighted by atomic mass is 15.1. The summed E-state index contributed by atoms with van der Waals surface area (Å²) in [5.41, 5.74) is 10.5. The lowest BCUT2D eigenvalue weighted by molar-refractivity contribution is 0.566. The number of hydrogen-bond acceptors (Lipinski definition) is 2. The highest BCUT2D eigenvalue weighted by Gasteiger charge is 2.28. The van der Waals surface area contributed by atoms with Gasteiger partial charge in [-0.1, -0.05) is 32.9 Å². The van der Waals surface area contributed by atoms with Gasteiger partial charge in [-0.2, -0.15) is 0 Å². The molecule has 2 unspecified atom stereocenters. The highest BCUT2D eigenvalue weighted by molar-refractivity contribution is 5.61.